The van der Waals surface area contributed by atoms with E-state index >= 15 is 0 Å². The third kappa shape index (κ3) is 20.1. The van der Waals surface area contributed by atoms with Crippen molar-refractivity contribution in [3.05, 3.63) is 12.7 Å². The molecule has 0 aromatic rings. The van der Waals surface area contributed by atoms with Gasteiger partial charge in [0.05, 0.1) is 0 Å². The molecule has 0 aromatic carbocycles. The highest BCUT2D eigenvalue weighted by Crippen LogP contribution is 1.98. The summed E-state index contributed by atoms with van der Waals surface area (Å²) in [4.78, 5) is 20.0. The van der Waals surface area contributed by atoms with Crippen molar-refractivity contribution in [2.24, 2.45) is 5.92 Å². The van der Waals surface area contributed by atoms with Crippen molar-refractivity contribution in [3.63, 3.8) is 0 Å². The van der Waals surface area contributed by atoms with E-state index in [-0.39, 0.29) is 19.2 Å². The van der Waals surface area contributed by atoms with Gasteiger partial charge in [0.2, 0.25) is 0 Å². The number of hydrogen-bond donors (Lipinski definition) is 2. The van der Waals surface area contributed by atoms with Gasteiger partial charge in [-0.3, -0.25) is 0 Å². The average molecular weight is 262 g/mol. The van der Waals surface area contributed by atoms with Gasteiger partial charge < -0.3 is 19.7 Å². The molecule has 0 spiro atoms. The first-order valence-electron chi connectivity index (χ1n) is 5.60. The maximum Gasteiger partial charge on any atom is 0.332 e. The normalized spacial score (nSPS) is 9.33. The van der Waals surface area contributed by atoms with Gasteiger partial charge in [0.15, 0.2) is 0 Å². The monoisotopic (exact) mass is 262 g/mol. The summed E-state index contributed by atoms with van der Waals surface area (Å²) in [6, 6.07) is 0. The Kier molecular flexibility index (Phi) is 14.4. The number of carbonyl (C=O) groups is 2. The van der Waals surface area contributed by atoms with Crippen molar-refractivity contribution in [2.75, 3.05) is 26.4 Å². The zero-order valence-corrected chi connectivity index (χ0v) is 10.9. The Labute approximate surface area is 107 Å². The van der Waals surface area contributed by atoms with Gasteiger partial charge in [-0.05, 0) is 12.3 Å². The van der Waals surface area contributed by atoms with Crippen LogP contribution in [0.5, 0.6) is 0 Å². The Morgan fingerprint density at radius 1 is 1.39 bits per heavy atom. The highest BCUT2D eigenvalue weighted by molar-refractivity contribution is 5.70. The molecule has 0 saturated carbocycles. The van der Waals surface area contributed by atoms with Crippen molar-refractivity contribution < 1.29 is 29.3 Å². The van der Waals surface area contributed by atoms with Crippen LogP contribution in [0.2, 0.25) is 0 Å². The maximum absolute atomic E-state index is 10.9. The van der Waals surface area contributed by atoms with Gasteiger partial charge in [-0.2, -0.15) is 0 Å². The quantitative estimate of drug-likeness (QED) is 0.382. The SMILES string of the molecule is C=CCOC(=O)COCCC(C)C.O=C(O)CO. The van der Waals surface area contributed by atoms with Crippen LogP contribution in [0.1, 0.15) is 20.3 Å². The number of rotatable bonds is 8. The van der Waals surface area contributed by atoms with Crippen LogP contribution >= 0.6 is 0 Å². The van der Waals surface area contributed by atoms with Crippen LogP contribution in [0, 0.1) is 5.92 Å². The number of carbonyl (C=O) groups excluding carboxylic acids is 1. The molecule has 0 atom stereocenters. The van der Waals surface area contributed by atoms with Gasteiger partial charge in [-0.1, -0.05) is 26.5 Å². The lowest BCUT2D eigenvalue weighted by Crippen LogP contribution is -2.13. The van der Waals surface area contributed by atoms with Gasteiger partial charge in [0.25, 0.3) is 0 Å². The third-order valence-electron chi connectivity index (χ3n) is 1.56. The number of hydrogen-bond acceptors (Lipinski definition) is 5. The van der Waals surface area contributed by atoms with Gasteiger partial charge in [-0.25, -0.2) is 9.59 Å². The lowest BCUT2D eigenvalue weighted by Gasteiger charge is -2.05. The summed E-state index contributed by atoms with van der Waals surface area (Å²) in [5, 5.41) is 15.0. The lowest BCUT2D eigenvalue weighted by molar-refractivity contribution is -0.147. The molecule has 0 unspecified atom stereocenters. The van der Waals surface area contributed by atoms with Crippen molar-refractivity contribution in [3.8, 4) is 0 Å². The van der Waals surface area contributed by atoms with Crippen molar-refractivity contribution in [2.45, 2.75) is 20.3 Å². The fraction of sp³-hybridized carbons (Fsp3) is 0.667. The Balaban J connectivity index is 0. The predicted molar refractivity (Wildman–Crippen MR) is 66.2 cm³/mol. The summed E-state index contributed by atoms with van der Waals surface area (Å²) in [6.07, 6.45) is 2.50. The zero-order chi connectivity index (χ0) is 14.4. The third-order valence-corrected chi connectivity index (χ3v) is 1.56. The van der Waals surface area contributed by atoms with Crippen LogP contribution in [0.4, 0.5) is 0 Å². The fourth-order valence-electron chi connectivity index (χ4n) is 0.668. The molecule has 6 nitrogen and oxygen atoms in total. The van der Waals surface area contributed by atoms with E-state index in [9.17, 15) is 4.79 Å². The smallest absolute Gasteiger partial charge is 0.332 e. The van der Waals surface area contributed by atoms with E-state index in [1.165, 1.54) is 6.08 Å². The molecule has 0 amide bonds. The number of aliphatic hydroxyl groups excluding tert-OH is 1. The molecule has 0 aliphatic rings. The van der Waals surface area contributed by atoms with Crippen LogP contribution in [-0.4, -0.2) is 48.6 Å². The van der Waals surface area contributed by atoms with E-state index < -0.39 is 12.6 Å². The van der Waals surface area contributed by atoms with E-state index in [1.54, 1.807) is 0 Å². The second-order valence-corrected chi connectivity index (χ2v) is 3.76. The van der Waals surface area contributed by atoms with Gasteiger partial charge in [0, 0.05) is 6.61 Å². The van der Waals surface area contributed by atoms with E-state index in [4.69, 9.17) is 24.5 Å². The first-order valence-corrected chi connectivity index (χ1v) is 5.60. The lowest BCUT2D eigenvalue weighted by atomic mass is 10.1. The van der Waals surface area contributed by atoms with Gasteiger partial charge >= 0.3 is 11.9 Å². The Morgan fingerprint density at radius 3 is 2.33 bits per heavy atom. The molecule has 2 N–H and O–H groups in total. The Hall–Kier alpha value is -1.40. The fourth-order valence-corrected chi connectivity index (χ4v) is 0.668. The Morgan fingerprint density at radius 2 is 1.94 bits per heavy atom. The van der Waals surface area contributed by atoms with Crippen molar-refractivity contribution in [1.82, 2.24) is 0 Å². The van der Waals surface area contributed by atoms with Crippen LogP contribution in [-0.2, 0) is 19.1 Å². The first-order chi connectivity index (χ1) is 8.43. The van der Waals surface area contributed by atoms with Crippen LogP contribution < -0.4 is 0 Å². The molecule has 0 aliphatic heterocycles. The summed E-state index contributed by atoms with van der Waals surface area (Å²) in [5.74, 6) is -0.919. The minimum atomic E-state index is -1.19. The second kappa shape index (κ2) is 13.7. The molecule has 0 rings (SSSR count). The molecule has 0 heterocycles. The number of ether oxygens (including phenoxy) is 2. The molecule has 0 radical (unpaired) electrons. The van der Waals surface area contributed by atoms with Crippen molar-refractivity contribution >= 4 is 11.9 Å². The topological polar surface area (TPSA) is 93.1 Å². The summed E-state index contributed by atoms with van der Waals surface area (Å²) >= 11 is 0. The van der Waals surface area contributed by atoms with Crippen molar-refractivity contribution in [1.29, 1.82) is 0 Å². The summed E-state index contributed by atoms with van der Waals surface area (Å²) in [5.41, 5.74) is 0. The highest BCUT2D eigenvalue weighted by atomic mass is 16.6. The molecule has 106 valence electrons. The molecular weight excluding hydrogens is 240 g/mol. The number of aliphatic hydroxyl groups is 1. The first kappa shape index (κ1) is 19.0. The minimum absolute atomic E-state index is 0.0422. The average Bonchev–Trinajstić information content (AvgIpc) is 2.32. The van der Waals surface area contributed by atoms with Gasteiger partial charge in [-0.15, -0.1) is 0 Å². The van der Waals surface area contributed by atoms with E-state index in [2.05, 4.69) is 20.4 Å². The number of aliphatic carboxylic acids is 1. The molecule has 0 saturated heterocycles. The Bertz CT molecular complexity index is 237. The van der Waals surface area contributed by atoms with Crippen LogP contribution in [0.15, 0.2) is 12.7 Å². The largest absolute Gasteiger partial charge is 0.480 e. The number of carboxylic acids is 1. The zero-order valence-electron chi connectivity index (χ0n) is 10.9. The minimum Gasteiger partial charge on any atom is -0.480 e. The molecule has 6 heteroatoms. The van der Waals surface area contributed by atoms with E-state index in [0.29, 0.717) is 12.5 Å². The van der Waals surface area contributed by atoms with E-state index in [1.807, 2.05) is 0 Å². The standard InChI is InChI=1S/C10H18O3.C2H4O3/c1-4-6-13-10(11)8-12-7-5-9(2)3;3-1-2(4)5/h4,9H,1,5-8H2,2-3H3;3H,1H2,(H,4,5). The second-order valence-electron chi connectivity index (χ2n) is 3.76. The van der Waals surface area contributed by atoms with Crippen LogP contribution in [0.3, 0.4) is 0 Å². The van der Waals surface area contributed by atoms with E-state index in [0.717, 1.165) is 6.42 Å². The van der Waals surface area contributed by atoms with Gasteiger partial charge in [0.1, 0.15) is 19.8 Å². The molecule has 18 heavy (non-hydrogen) atoms. The summed E-state index contributed by atoms with van der Waals surface area (Å²) < 4.78 is 9.81. The molecule has 0 aliphatic carbocycles. The number of esters is 1. The molecule has 0 aromatic heterocycles. The molecular formula is C12H22O6. The van der Waals surface area contributed by atoms with Crippen LogP contribution in [0.25, 0.3) is 0 Å². The predicted octanol–water partition coefficient (Wildman–Crippen LogP) is 0.842. The molecule has 0 fully saturated rings. The highest BCUT2D eigenvalue weighted by Gasteiger charge is 2.01. The molecule has 0 bridgehead atoms. The summed E-state index contributed by atoms with van der Waals surface area (Å²) in [7, 11) is 0. The maximum atomic E-state index is 10.9. The summed E-state index contributed by atoms with van der Waals surface area (Å²) in [6.45, 7) is 7.79. The number of carboxylic acid groups (broad SMARTS) is 1.